The first-order chi connectivity index (χ1) is 4.41. The molecule has 0 heterocycles. The molecule has 0 amide bonds. The van der Waals surface area contributed by atoms with Crippen molar-refractivity contribution < 1.29 is 0 Å². The fourth-order valence-electron chi connectivity index (χ4n) is 0.232. The van der Waals surface area contributed by atoms with E-state index >= 15 is 0 Å². The van der Waals surface area contributed by atoms with E-state index in [9.17, 15) is 0 Å². The summed E-state index contributed by atoms with van der Waals surface area (Å²) in [5.41, 5.74) is 0. The van der Waals surface area contributed by atoms with Crippen LogP contribution in [0.3, 0.4) is 0 Å². The van der Waals surface area contributed by atoms with E-state index in [0.717, 1.165) is 0 Å². The van der Waals surface area contributed by atoms with Crippen molar-refractivity contribution in [1.29, 1.82) is 0 Å². The molecule has 0 fully saturated rings. The van der Waals surface area contributed by atoms with Gasteiger partial charge in [-0.1, -0.05) is 38.7 Å². The molecule has 0 spiro atoms. The fraction of sp³-hybridized carbons (Fsp3) is 0.333. The zero-order valence-electron chi connectivity index (χ0n) is 6.22. The van der Waals surface area contributed by atoms with Crippen LogP contribution < -0.4 is 0 Å². The predicted octanol–water partition coefficient (Wildman–Crippen LogP) is 2.78. The third-order valence-electron chi connectivity index (χ3n) is 0.508. The Hall–Kier alpha value is -0.960. The van der Waals surface area contributed by atoms with Gasteiger partial charge in [0.15, 0.2) is 0 Å². The maximum Gasteiger partial charge on any atom is 0.0270 e. The molecular formula is C9H14. The van der Waals surface area contributed by atoms with Crippen molar-refractivity contribution in [2.45, 2.75) is 20.3 Å². The molecule has 0 aliphatic carbocycles. The molecule has 0 aliphatic rings. The summed E-state index contributed by atoms with van der Waals surface area (Å²) in [5.74, 6) is 2.47. The molecule has 0 saturated heterocycles. The Bertz CT molecular complexity index is 102. The van der Waals surface area contributed by atoms with E-state index in [1.165, 1.54) is 0 Å². The number of allylic oxidation sites excluding steroid dienone is 3. The van der Waals surface area contributed by atoms with Crippen LogP contribution in [0.25, 0.3) is 0 Å². The van der Waals surface area contributed by atoms with Crippen LogP contribution in [-0.4, -0.2) is 0 Å². The second-order valence-electron chi connectivity index (χ2n) is 1.07. The van der Waals surface area contributed by atoms with Gasteiger partial charge in [-0.25, -0.2) is 0 Å². The molecule has 0 rings (SSSR count). The SMILES string of the molecule is C#CC/C=C\C=C.CC. The third-order valence-corrected chi connectivity index (χ3v) is 0.508. The van der Waals surface area contributed by atoms with E-state index in [-0.39, 0.29) is 0 Å². The highest BCUT2D eigenvalue weighted by atomic mass is 13.6. The molecule has 9 heavy (non-hydrogen) atoms. The lowest BCUT2D eigenvalue weighted by Crippen LogP contribution is -1.51. The maximum absolute atomic E-state index is 4.93. The first-order valence-electron chi connectivity index (χ1n) is 3.13. The normalized spacial score (nSPS) is 7.22. The van der Waals surface area contributed by atoms with E-state index in [4.69, 9.17) is 6.42 Å². The lowest BCUT2D eigenvalue weighted by atomic mass is 10.4. The molecule has 0 bridgehead atoms. The summed E-state index contributed by atoms with van der Waals surface area (Å²) >= 11 is 0. The van der Waals surface area contributed by atoms with Gasteiger partial charge in [-0.2, -0.15) is 0 Å². The van der Waals surface area contributed by atoms with Crippen molar-refractivity contribution in [3.8, 4) is 12.3 Å². The van der Waals surface area contributed by atoms with Gasteiger partial charge in [0.1, 0.15) is 0 Å². The molecule has 0 radical (unpaired) electrons. The zero-order chi connectivity index (χ0) is 7.54. The Labute approximate surface area is 58.3 Å². The molecule has 0 nitrogen and oxygen atoms in total. The standard InChI is InChI=1S/C7H8.C2H6/c1-3-5-7-6-4-2;1-2/h1,4,6-7H,2,5H2;1-2H3/b7-6-;. The van der Waals surface area contributed by atoms with Gasteiger partial charge in [0, 0.05) is 6.42 Å². The van der Waals surface area contributed by atoms with E-state index < -0.39 is 0 Å². The summed E-state index contributed by atoms with van der Waals surface area (Å²) in [7, 11) is 0. The Kier molecular flexibility index (Phi) is 19.1. The molecule has 0 N–H and O–H groups in total. The van der Waals surface area contributed by atoms with Gasteiger partial charge in [-0.05, 0) is 0 Å². The average molecular weight is 122 g/mol. The lowest BCUT2D eigenvalue weighted by molar-refractivity contribution is 1.48. The van der Waals surface area contributed by atoms with Gasteiger partial charge in [-0.3, -0.25) is 0 Å². The van der Waals surface area contributed by atoms with E-state index in [2.05, 4.69) is 12.5 Å². The van der Waals surface area contributed by atoms with Crippen LogP contribution in [0.4, 0.5) is 0 Å². The van der Waals surface area contributed by atoms with Crippen LogP contribution in [0.1, 0.15) is 20.3 Å². The minimum Gasteiger partial charge on any atom is -0.120 e. The number of rotatable bonds is 2. The number of terminal acetylenes is 1. The first-order valence-corrected chi connectivity index (χ1v) is 3.13. The van der Waals surface area contributed by atoms with E-state index in [0.29, 0.717) is 6.42 Å². The summed E-state index contributed by atoms with van der Waals surface area (Å²) in [6.07, 6.45) is 11.1. The van der Waals surface area contributed by atoms with Gasteiger partial charge in [0.2, 0.25) is 0 Å². The smallest absolute Gasteiger partial charge is 0.0270 e. The monoisotopic (exact) mass is 122 g/mol. The molecule has 0 unspecified atom stereocenters. The highest BCUT2D eigenvalue weighted by Crippen LogP contribution is 1.77. The van der Waals surface area contributed by atoms with Gasteiger partial charge in [0.05, 0.1) is 0 Å². The van der Waals surface area contributed by atoms with Crippen molar-refractivity contribution in [3.63, 3.8) is 0 Å². The summed E-state index contributed by atoms with van der Waals surface area (Å²) in [6.45, 7) is 7.48. The topological polar surface area (TPSA) is 0 Å². The first kappa shape index (κ1) is 10.9. The molecule has 0 heteroatoms. The van der Waals surface area contributed by atoms with E-state index in [1.54, 1.807) is 6.08 Å². The van der Waals surface area contributed by atoms with Gasteiger partial charge >= 0.3 is 0 Å². The molecule has 0 aromatic rings. The molecule has 0 aromatic carbocycles. The summed E-state index contributed by atoms with van der Waals surface area (Å²) < 4.78 is 0. The molecule has 50 valence electrons. The lowest BCUT2D eigenvalue weighted by Gasteiger charge is -1.68. The largest absolute Gasteiger partial charge is 0.120 e. The van der Waals surface area contributed by atoms with E-state index in [1.807, 2.05) is 26.0 Å². The van der Waals surface area contributed by atoms with Gasteiger partial charge in [0.25, 0.3) is 0 Å². The van der Waals surface area contributed by atoms with Gasteiger partial charge in [-0.15, -0.1) is 12.3 Å². The Balaban J connectivity index is 0. The van der Waals surface area contributed by atoms with Crippen LogP contribution >= 0.6 is 0 Å². The van der Waals surface area contributed by atoms with Crippen molar-refractivity contribution in [2.24, 2.45) is 0 Å². The molecule has 0 atom stereocenters. The highest BCUT2D eigenvalue weighted by Gasteiger charge is 1.59. The van der Waals surface area contributed by atoms with Gasteiger partial charge < -0.3 is 0 Å². The summed E-state index contributed by atoms with van der Waals surface area (Å²) in [4.78, 5) is 0. The Morgan fingerprint density at radius 3 is 2.44 bits per heavy atom. The molecular weight excluding hydrogens is 108 g/mol. The average Bonchev–Trinajstić information content (AvgIpc) is 1.94. The van der Waals surface area contributed by atoms with Crippen molar-refractivity contribution in [2.75, 3.05) is 0 Å². The van der Waals surface area contributed by atoms with Crippen LogP contribution in [-0.2, 0) is 0 Å². The molecule has 0 aliphatic heterocycles. The minimum absolute atomic E-state index is 0.700. The molecule has 0 aromatic heterocycles. The highest BCUT2D eigenvalue weighted by molar-refractivity contribution is 5.03. The van der Waals surface area contributed by atoms with Crippen LogP contribution in [0.5, 0.6) is 0 Å². The minimum atomic E-state index is 0.700. The maximum atomic E-state index is 4.93. The summed E-state index contributed by atoms with van der Waals surface area (Å²) in [6, 6.07) is 0. The molecule has 0 saturated carbocycles. The quantitative estimate of drug-likeness (QED) is 0.390. The zero-order valence-corrected chi connectivity index (χ0v) is 6.22. The van der Waals surface area contributed by atoms with Crippen molar-refractivity contribution >= 4 is 0 Å². The second kappa shape index (κ2) is 15.7. The predicted molar refractivity (Wildman–Crippen MR) is 44.1 cm³/mol. The Morgan fingerprint density at radius 1 is 1.56 bits per heavy atom. The van der Waals surface area contributed by atoms with Crippen molar-refractivity contribution in [1.82, 2.24) is 0 Å². The second-order valence-corrected chi connectivity index (χ2v) is 1.07. The fourth-order valence-corrected chi connectivity index (χ4v) is 0.232. The van der Waals surface area contributed by atoms with Crippen LogP contribution in [0.15, 0.2) is 24.8 Å². The van der Waals surface area contributed by atoms with Crippen molar-refractivity contribution in [3.05, 3.63) is 24.8 Å². The van der Waals surface area contributed by atoms with Crippen LogP contribution in [0, 0.1) is 12.3 Å². The summed E-state index contributed by atoms with van der Waals surface area (Å²) in [5, 5.41) is 0. The number of hydrogen-bond donors (Lipinski definition) is 0. The number of hydrogen-bond acceptors (Lipinski definition) is 0. The third kappa shape index (κ3) is 19.4. The Morgan fingerprint density at radius 2 is 2.11 bits per heavy atom. The van der Waals surface area contributed by atoms with Crippen LogP contribution in [0.2, 0.25) is 0 Å².